The Labute approximate surface area is 121 Å². The molecule has 4 heteroatoms. The highest BCUT2D eigenvalue weighted by Crippen LogP contribution is 2.18. The second-order valence-electron chi connectivity index (χ2n) is 4.53. The molecule has 1 N–H and O–H groups in total. The number of aryl methyl sites for hydroxylation is 2. The molecular formula is C16H14O3S. The first-order valence-corrected chi connectivity index (χ1v) is 6.92. The number of hydrogen-bond acceptors (Lipinski definition) is 3. The molecule has 0 fully saturated rings. The Balaban J connectivity index is 2.20. The van der Waals surface area contributed by atoms with Crippen LogP contribution < -0.4 is 0 Å². The van der Waals surface area contributed by atoms with E-state index in [2.05, 4.69) is 0 Å². The summed E-state index contributed by atoms with van der Waals surface area (Å²) in [6.45, 7) is 3.98. The molecule has 1 heterocycles. The Bertz CT molecular complexity index is 695. The van der Waals surface area contributed by atoms with Gasteiger partial charge < -0.3 is 5.11 Å². The zero-order valence-electron chi connectivity index (χ0n) is 11.2. The van der Waals surface area contributed by atoms with Crippen LogP contribution in [0.25, 0.3) is 6.08 Å². The van der Waals surface area contributed by atoms with E-state index < -0.39 is 5.97 Å². The average molecular weight is 286 g/mol. The SMILES string of the molecule is Cc1ccc(C)c(/C=C/C(=O)c2ccc(C(=O)O)s2)c1. The predicted octanol–water partition coefficient (Wildman–Crippen LogP) is 3.96. The second kappa shape index (κ2) is 5.84. The molecule has 0 amide bonds. The molecule has 0 aliphatic carbocycles. The number of benzene rings is 1. The fraction of sp³-hybridized carbons (Fsp3) is 0.125. The lowest BCUT2D eigenvalue weighted by atomic mass is 10.0. The highest BCUT2D eigenvalue weighted by molar-refractivity contribution is 7.16. The molecule has 0 aliphatic heterocycles. The molecular weight excluding hydrogens is 272 g/mol. The maximum atomic E-state index is 12.0. The molecule has 0 saturated carbocycles. The summed E-state index contributed by atoms with van der Waals surface area (Å²) in [7, 11) is 0. The molecule has 0 atom stereocenters. The third kappa shape index (κ3) is 3.22. The average Bonchev–Trinajstić information content (AvgIpc) is 2.89. The Hall–Kier alpha value is -2.20. The van der Waals surface area contributed by atoms with Crippen LogP contribution in [0.4, 0.5) is 0 Å². The van der Waals surface area contributed by atoms with Crippen molar-refractivity contribution in [3.63, 3.8) is 0 Å². The Kier molecular flexibility index (Phi) is 4.15. The lowest BCUT2D eigenvalue weighted by Gasteiger charge is -2.01. The standard InChI is InChI=1S/C16H14O3S/c1-10-3-4-11(2)12(9-10)5-6-13(17)14-7-8-15(20-14)16(18)19/h3-9H,1-2H3,(H,18,19)/b6-5+. The third-order valence-corrected chi connectivity index (χ3v) is 4.00. The number of rotatable bonds is 4. The lowest BCUT2D eigenvalue weighted by Crippen LogP contribution is -1.91. The molecule has 0 aliphatic rings. The quantitative estimate of drug-likeness (QED) is 0.683. The van der Waals surface area contributed by atoms with Crippen LogP contribution >= 0.6 is 11.3 Å². The number of carboxylic acids is 1. The summed E-state index contributed by atoms with van der Waals surface area (Å²) < 4.78 is 0. The molecule has 0 radical (unpaired) electrons. The van der Waals surface area contributed by atoms with Gasteiger partial charge in [0.15, 0.2) is 5.78 Å². The van der Waals surface area contributed by atoms with Crippen molar-refractivity contribution in [1.29, 1.82) is 0 Å². The zero-order chi connectivity index (χ0) is 14.7. The molecule has 1 aromatic heterocycles. The van der Waals surface area contributed by atoms with Crippen molar-refractivity contribution in [2.45, 2.75) is 13.8 Å². The van der Waals surface area contributed by atoms with Crippen molar-refractivity contribution in [1.82, 2.24) is 0 Å². The van der Waals surface area contributed by atoms with E-state index in [-0.39, 0.29) is 10.7 Å². The second-order valence-corrected chi connectivity index (χ2v) is 5.61. The van der Waals surface area contributed by atoms with Crippen molar-refractivity contribution in [3.8, 4) is 0 Å². The van der Waals surface area contributed by atoms with Crippen LogP contribution in [0, 0.1) is 13.8 Å². The molecule has 20 heavy (non-hydrogen) atoms. The van der Waals surface area contributed by atoms with Crippen molar-refractivity contribution < 1.29 is 14.7 Å². The van der Waals surface area contributed by atoms with Crippen molar-refractivity contribution in [2.24, 2.45) is 0 Å². The minimum absolute atomic E-state index is 0.175. The first-order chi connectivity index (χ1) is 9.47. The fourth-order valence-electron chi connectivity index (χ4n) is 1.77. The summed E-state index contributed by atoms with van der Waals surface area (Å²) in [6.07, 6.45) is 3.25. The van der Waals surface area contributed by atoms with Gasteiger partial charge in [-0.3, -0.25) is 4.79 Å². The molecule has 2 rings (SSSR count). The van der Waals surface area contributed by atoms with E-state index in [9.17, 15) is 9.59 Å². The van der Waals surface area contributed by atoms with Crippen molar-refractivity contribution >= 4 is 29.2 Å². The van der Waals surface area contributed by atoms with Crippen molar-refractivity contribution in [3.05, 3.63) is 62.9 Å². The first-order valence-electron chi connectivity index (χ1n) is 6.10. The van der Waals surface area contributed by atoms with Crippen LogP contribution in [-0.2, 0) is 0 Å². The Morgan fingerprint density at radius 1 is 1.10 bits per heavy atom. The number of thiophene rings is 1. The number of allylic oxidation sites excluding steroid dienone is 1. The number of hydrogen-bond donors (Lipinski definition) is 1. The van der Waals surface area contributed by atoms with E-state index in [1.807, 2.05) is 32.0 Å². The van der Waals surface area contributed by atoms with Gasteiger partial charge in [0.25, 0.3) is 0 Å². The molecule has 3 nitrogen and oxygen atoms in total. The highest BCUT2D eigenvalue weighted by atomic mass is 32.1. The van der Waals surface area contributed by atoms with Gasteiger partial charge >= 0.3 is 5.97 Å². The maximum absolute atomic E-state index is 12.0. The van der Waals surface area contributed by atoms with Crippen LogP contribution in [0.5, 0.6) is 0 Å². The fourth-order valence-corrected chi connectivity index (χ4v) is 2.54. The third-order valence-electron chi connectivity index (χ3n) is 2.91. The van der Waals surface area contributed by atoms with Crippen molar-refractivity contribution in [2.75, 3.05) is 0 Å². The van der Waals surface area contributed by atoms with E-state index in [0.29, 0.717) is 4.88 Å². The van der Waals surface area contributed by atoms with Gasteiger partial charge in [-0.25, -0.2) is 4.79 Å². The summed E-state index contributed by atoms with van der Waals surface area (Å²) in [5.74, 6) is -1.18. The van der Waals surface area contributed by atoms with Crippen LogP contribution in [-0.4, -0.2) is 16.9 Å². The minimum Gasteiger partial charge on any atom is -0.477 e. The molecule has 1 aromatic carbocycles. The van der Waals surface area contributed by atoms with Crippen LogP contribution in [0.15, 0.2) is 36.4 Å². The summed E-state index contributed by atoms with van der Waals surface area (Å²) in [4.78, 5) is 23.4. The number of carbonyl (C=O) groups excluding carboxylic acids is 1. The molecule has 0 bridgehead atoms. The summed E-state index contributed by atoms with van der Waals surface area (Å²) in [5.41, 5.74) is 3.22. The van der Waals surface area contributed by atoms with Crippen LogP contribution in [0.3, 0.4) is 0 Å². The Morgan fingerprint density at radius 3 is 2.45 bits per heavy atom. The maximum Gasteiger partial charge on any atom is 0.345 e. The topological polar surface area (TPSA) is 54.4 Å². The van der Waals surface area contributed by atoms with Gasteiger partial charge in [-0.1, -0.05) is 29.8 Å². The monoisotopic (exact) mass is 286 g/mol. The number of carboxylic acid groups (broad SMARTS) is 1. The van der Waals surface area contributed by atoms with Gasteiger partial charge in [-0.2, -0.15) is 0 Å². The van der Waals surface area contributed by atoms with Crippen LogP contribution in [0.1, 0.15) is 36.0 Å². The number of ketones is 1. The first kappa shape index (κ1) is 14.2. The summed E-state index contributed by atoms with van der Waals surface area (Å²) >= 11 is 0.991. The van der Waals surface area contributed by atoms with Gasteiger partial charge in [0.1, 0.15) is 4.88 Å². The minimum atomic E-state index is -1.01. The van der Waals surface area contributed by atoms with E-state index in [1.54, 1.807) is 12.1 Å². The largest absolute Gasteiger partial charge is 0.477 e. The highest BCUT2D eigenvalue weighted by Gasteiger charge is 2.10. The van der Waals surface area contributed by atoms with E-state index in [0.717, 1.165) is 28.0 Å². The van der Waals surface area contributed by atoms with Gasteiger partial charge in [0.05, 0.1) is 4.88 Å². The smallest absolute Gasteiger partial charge is 0.345 e. The van der Waals surface area contributed by atoms with E-state index in [1.165, 1.54) is 12.1 Å². The molecule has 0 saturated heterocycles. The lowest BCUT2D eigenvalue weighted by molar-refractivity contribution is 0.0702. The van der Waals surface area contributed by atoms with Gasteiger partial charge in [0.2, 0.25) is 0 Å². The van der Waals surface area contributed by atoms with Crippen LogP contribution in [0.2, 0.25) is 0 Å². The molecule has 0 unspecified atom stereocenters. The van der Waals surface area contributed by atoms with Gasteiger partial charge in [-0.15, -0.1) is 11.3 Å². The summed E-state index contributed by atoms with van der Waals surface area (Å²) in [6, 6.07) is 9.03. The summed E-state index contributed by atoms with van der Waals surface area (Å²) in [5, 5.41) is 8.84. The molecule has 2 aromatic rings. The molecule has 102 valence electrons. The predicted molar refractivity (Wildman–Crippen MR) is 80.6 cm³/mol. The number of aromatic carboxylic acids is 1. The Morgan fingerprint density at radius 2 is 1.80 bits per heavy atom. The number of carbonyl (C=O) groups is 2. The molecule has 0 spiro atoms. The van der Waals surface area contributed by atoms with E-state index in [4.69, 9.17) is 5.11 Å². The van der Waals surface area contributed by atoms with E-state index >= 15 is 0 Å². The van der Waals surface area contributed by atoms with Gasteiger partial charge in [-0.05, 0) is 43.2 Å². The van der Waals surface area contributed by atoms with Gasteiger partial charge in [0, 0.05) is 0 Å². The normalized spacial score (nSPS) is 10.9. The zero-order valence-corrected chi connectivity index (χ0v) is 12.0.